The van der Waals surface area contributed by atoms with Crippen LogP contribution < -0.4 is 5.73 Å². The van der Waals surface area contributed by atoms with Crippen molar-refractivity contribution < 1.29 is 14.7 Å². The van der Waals surface area contributed by atoms with Gasteiger partial charge in [0.2, 0.25) is 5.91 Å². The lowest BCUT2D eigenvalue weighted by molar-refractivity contribution is -0.148. The van der Waals surface area contributed by atoms with Gasteiger partial charge in [-0.2, -0.15) is 0 Å². The van der Waals surface area contributed by atoms with Crippen LogP contribution in [0.15, 0.2) is 0 Å². The Morgan fingerprint density at radius 1 is 1.24 bits per heavy atom. The summed E-state index contributed by atoms with van der Waals surface area (Å²) >= 11 is 0. The highest BCUT2D eigenvalue weighted by atomic mass is 16.4. The SMILES string of the molecule is CC(C)CC(CN)C(=O)N(C)C1(CC(=O)O)CCCCC1. The van der Waals surface area contributed by atoms with Crippen molar-refractivity contribution in [3.05, 3.63) is 0 Å². The summed E-state index contributed by atoms with van der Waals surface area (Å²) in [7, 11) is 1.76. The number of amides is 1. The van der Waals surface area contributed by atoms with Crippen LogP contribution in [0.2, 0.25) is 0 Å². The van der Waals surface area contributed by atoms with Crippen LogP contribution in [0.3, 0.4) is 0 Å². The van der Waals surface area contributed by atoms with Crippen LogP contribution in [0.5, 0.6) is 0 Å². The van der Waals surface area contributed by atoms with Crippen molar-refractivity contribution in [3.63, 3.8) is 0 Å². The van der Waals surface area contributed by atoms with Crippen LogP contribution >= 0.6 is 0 Å². The number of carbonyl (C=O) groups excluding carboxylic acids is 1. The Bertz CT molecular complexity index is 363. The fourth-order valence-corrected chi connectivity index (χ4v) is 3.50. The maximum atomic E-state index is 12.7. The molecule has 0 spiro atoms. The van der Waals surface area contributed by atoms with Gasteiger partial charge in [0.15, 0.2) is 0 Å². The van der Waals surface area contributed by atoms with Crippen LogP contribution in [-0.2, 0) is 9.59 Å². The van der Waals surface area contributed by atoms with Crippen molar-refractivity contribution in [2.45, 2.75) is 64.3 Å². The van der Waals surface area contributed by atoms with Gasteiger partial charge in [0.25, 0.3) is 0 Å². The Morgan fingerprint density at radius 3 is 2.24 bits per heavy atom. The lowest BCUT2D eigenvalue weighted by atomic mass is 9.77. The fraction of sp³-hybridized carbons (Fsp3) is 0.875. The monoisotopic (exact) mass is 298 g/mol. The number of nitrogens with zero attached hydrogens (tertiary/aromatic N) is 1. The van der Waals surface area contributed by atoms with E-state index in [-0.39, 0.29) is 18.2 Å². The van der Waals surface area contributed by atoms with Crippen LogP contribution in [0.25, 0.3) is 0 Å². The molecule has 21 heavy (non-hydrogen) atoms. The van der Waals surface area contributed by atoms with E-state index in [9.17, 15) is 14.7 Å². The standard InChI is InChI=1S/C16H30N2O3/c1-12(2)9-13(11-17)15(21)18(3)16(10-14(19)20)7-5-4-6-8-16/h12-13H,4-11,17H2,1-3H3,(H,19,20). The predicted octanol–water partition coefficient (Wildman–Crippen LogP) is 2.24. The highest BCUT2D eigenvalue weighted by molar-refractivity contribution is 5.80. The predicted molar refractivity (Wildman–Crippen MR) is 82.8 cm³/mol. The third-order valence-corrected chi connectivity index (χ3v) is 4.70. The summed E-state index contributed by atoms with van der Waals surface area (Å²) < 4.78 is 0. The molecule has 0 saturated heterocycles. The third kappa shape index (κ3) is 4.70. The van der Waals surface area contributed by atoms with Gasteiger partial charge in [-0.15, -0.1) is 0 Å². The van der Waals surface area contributed by atoms with Gasteiger partial charge in [-0.25, -0.2) is 0 Å². The Balaban J connectivity index is 2.90. The summed E-state index contributed by atoms with van der Waals surface area (Å²) in [6, 6.07) is 0. The van der Waals surface area contributed by atoms with Gasteiger partial charge in [-0.05, 0) is 25.2 Å². The molecule has 0 aliphatic heterocycles. The first kappa shape index (κ1) is 18.0. The topological polar surface area (TPSA) is 83.6 Å². The van der Waals surface area contributed by atoms with E-state index in [4.69, 9.17) is 5.73 Å². The molecule has 0 heterocycles. The number of nitrogens with two attached hydrogens (primary N) is 1. The molecule has 1 aliphatic carbocycles. The molecule has 1 atom stereocenters. The molecule has 1 saturated carbocycles. The fourth-order valence-electron chi connectivity index (χ4n) is 3.50. The van der Waals surface area contributed by atoms with Crippen molar-refractivity contribution in [1.82, 2.24) is 4.90 Å². The first-order valence-corrected chi connectivity index (χ1v) is 8.02. The molecule has 1 aliphatic rings. The smallest absolute Gasteiger partial charge is 0.305 e. The number of hydrogen-bond acceptors (Lipinski definition) is 3. The second kappa shape index (κ2) is 7.78. The summed E-state index contributed by atoms with van der Waals surface area (Å²) in [5.74, 6) is -0.626. The normalized spacial score (nSPS) is 19.3. The number of carbonyl (C=O) groups is 2. The minimum absolute atomic E-state index is 0.00866. The van der Waals surface area contributed by atoms with E-state index in [2.05, 4.69) is 13.8 Å². The number of aliphatic carboxylic acids is 1. The van der Waals surface area contributed by atoms with Gasteiger partial charge in [0.1, 0.15) is 0 Å². The molecule has 5 nitrogen and oxygen atoms in total. The van der Waals surface area contributed by atoms with Crippen molar-refractivity contribution >= 4 is 11.9 Å². The zero-order valence-corrected chi connectivity index (χ0v) is 13.6. The summed E-state index contributed by atoms with van der Waals surface area (Å²) in [6.45, 7) is 4.47. The molecule has 5 heteroatoms. The molecule has 0 aromatic heterocycles. The van der Waals surface area contributed by atoms with Gasteiger partial charge in [0, 0.05) is 13.6 Å². The molecule has 0 aromatic carbocycles. The maximum Gasteiger partial charge on any atom is 0.305 e. The average Bonchev–Trinajstić information content (AvgIpc) is 2.43. The summed E-state index contributed by atoms with van der Waals surface area (Å²) in [4.78, 5) is 25.7. The van der Waals surface area contributed by atoms with Crippen molar-refractivity contribution in [1.29, 1.82) is 0 Å². The third-order valence-electron chi connectivity index (χ3n) is 4.70. The first-order chi connectivity index (χ1) is 9.82. The Kier molecular flexibility index (Phi) is 6.65. The largest absolute Gasteiger partial charge is 0.481 e. The molecule has 3 N–H and O–H groups in total. The van der Waals surface area contributed by atoms with Crippen molar-refractivity contribution in [2.24, 2.45) is 17.6 Å². The zero-order valence-electron chi connectivity index (χ0n) is 13.6. The molecular weight excluding hydrogens is 268 g/mol. The number of hydrogen-bond donors (Lipinski definition) is 2. The van der Waals surface area contributed by atoms with Crippen molar-refractivity contribution in [3.8, 4) is 0 Å². The first-order valence-electron chi connectivity index (χ1n) is 8.02. The molecule has 0 radical (unpaired) electrons. The summed E-state index contributed by atoms with van der Waals surface area (Å²) in [5.41, 5.74) is 5.25. The van der Waals surface area contributed by atoms with E-state index in [0.29, 0.717) is 12.5 Å². The lowest BCUT2D eigenvalue weighted by Gasteiger charge is -2.45. The highest BCUT2D eigenvalue weighted by Gasteiger charge is 2.41. The second-order valence-corrected chi connectivity index (χ2v) is 6.81. The van der Waals surface area contributed by atoms with Gasteiger partial charge >= 0.3 is 5.97 Å². The molecule has 1 amide bonds. The Labute approximate surface area is 127 Å². The lowest BCUT2D eigenvalue weighted by Crippen LogP contribution is -2.54. The van der Waals surface area contributed by atoms with Gasteiger partial charge < -0.3 is 15.7 Å². The van der Waals surface area contributed by atoms with Gasteiger partial charge in [0.05, 0.1) is 17.9 Å². The van der Waals surface area contributed by atoms with E-state index >= 15 is 0 Å². The van der Waals surface area contributed by atoms with Crippen molar-refractivity contribution in [2.75, 3.05) is 13.6 Å². The molecule has 0 bridgehead atoms. The van der Waals surface area contributed by atoms with Crippen LogP contribution in [0, 0.1) is 11.8 Å². The summed E-state index contributed by atoms with van der Waals surface area (Å²) in [5, 5.41) is 9.24. The molecule has 1 fully saturated rings. The van der Waals surface area contributed by atoms with Crippen LogP contribution in [0.4, 0.5) is 0 Å². The molecular formula is C16H30N2O3. The quantitative estimate of drug-likeness (QED) is 0.755. The minimum atomic E-state index is -0.829. The minimum Gasteiger partial charge on any atom is -0.481 e. The maximum absolute atomic E-state index is 12.7. The van der Waals surface area contributed by atoms with E-state index in [1.165, 1.54) is 0 Å². The molecule has 1 rings (SSSR count). The highest BCUT2D eigenvalue weighted by Crippen LogP contribution is 2.37. The van der Waals surface area contributed by atoms with E-state index in [1.807, 2.05) is 0 Å². The molecule has 122 valence electrons. The van der Waals surface area contributed by atoms with Gasteiger partial charge in [-0.1, -0.05) is 33.1 Å². The summed E-state index contributed by atoms with van der Waals surface area (Å²) in [6.07, 6.45) is 5.44. The van der Waals surface area contributed by atoms with E-state index in [1.54, 1.807) is 11.9 Å². The average molecular weight is 298 g/mol. The molecule has 0 aromatic rings. The molecule has 1 unspecified atom stereocenters. The van der Waals surface area contributed by atoms with Gasteiger partial charge in [-0.3, -0.25) is 9.59 Å². The number of rotatable bonds is 7. The Hall–Kier alpha value is -1.10. The number of carboxylic acids is 1. The van der Waals surface area contributed by atoms with E-state index in [0.717, 1.165) is 38.5 Å². The second-order valence-electron chi connectivity index (χ2n) is 6.81. The van der Waals surface area contributed by atoms with Crippen LogP contribution in [-0.4, -0.2) is 41.0 Å². The van der Waals surface area contributed by atoms with E-state index < -0.39 is 11.5 Å². The zero-order chi connectivity index (χ0) is 16.0. The Morgan fingerprint density at radius 2 is 1.81 bits per heavy atom. The van der Waals surface area contributed by atoms with Crippen LogP contribution in [0.1, 0.15) is 58.8 Å². The number of carboxylic acid groups (broad SMARTS) is 1.